The number of nitrogens with one attached hydrogen (secondary N) is 1. The minimum absolute atomic E-state index is 0.346. The predicted octanol–water partition coefficient (Wildman–Crippen LogP) is -0.189. The number of hydrogen-bond donors (Lipinski definition) is 2. The molecule has 0 radical (unpaired) electrons. The molecule has 2 rings (SSSR count). The van der Waals surface area contributed by atoms with Crippen molar-refractivity contribution in [3.8, 4) is 0 Å². The van der Waals surface area contributed by atoms with Crippen molar-refractivity contribution >= 4 is 0 Å². The van der Waals surface area contributed by atoms with Crippen LogP contribution in [-0.2, 0) is 13.0 Å². The number of aromatic nitrogens is 3. The van der Waals surface area contributed by atoms with E-state index < -0.39 is 0 Å². The third kappa shape index (κ3) is 2.76. The topological polar surface area (TPSA) is 63.0 Å². The van der Waals surface area contributed by atoms with E-state index >= 15 is 0 Å². The average Bonchev–Trinajstić information content (AvgIpc) is 2.78. The summed E-state index contributed by atoms with van der Waals surface area (Å²) in [6, 6.07) is 0. The van der Waals surface area contributed by atoms with Crippen molar-refractivity contribution in [3.05, 3.63) is 12.2 Å². The van der Waals surface area contributed by atoms with Gasteiger partial charge in [0.2, 0.25) is 0 Å². The van der Waals surface area contributed by atoms with Crippen molar-refractivity contribution in [3.63, 3.8) is 0 Å². The lowest BCUT2D eigenvalue weighted by atomic mass is 10.0. The van der Waals surface area contributed by atoms with Crippen molar-refractivity contribution in [2.45, 2.75) is 32.4 Å². The largest absolute Gasteiger partial charge is 0.392 e. The lowest BCUT2D eigenvalue weighted by molar-refractivity contribution is 0.172. The van der Waals surface area contributed by atoms with E-state index in [1.807, 2.05) is 4.57 Å². The molecular weight excluding hydrogens is 192 g/mol. The SMILES string of the molecule is CC(O)Cn1cnnc1CC1CCNC1. The van der Waals surface area contributed by atoms with E-state index in [0.717, 1.165) is 25.3 Å². The van der Waals surface area contributed by atoms with Crippen LogP contribution in [0, 0.1) is 5.92 Å². The van der Waals surface area contributed by atoms with Crippen LogP contribution in [0.25, 0.3) is 0 Å². The third-order valence-corrected chi connectivity index (χ3v) is 2.79. The van der Waals surface area contributed by atoms with Gasteiger partial charge in [-0.05, 0) is 32.4 Å². The van der Waals surface area contributed by atoms with Gasteiger partial charge in [-0.2, -0.15) is 0 Å². The summed E-state index contributed by atoms with van der Waals surface area (Å²) in [7, 11) is 0. The molecule has 2 N–H and O–H groups in total. The second-order valence-corrected chi connectivity index (χ2v) is 4.31. The highest BCUT2D eigenvalue weighted by Crippen LogP contribution is 2.13. The molecule has 2 heterocycles. The van der Waals surface area contributed by atoms with Crippen LogP contribution < -0.4 is 5.32 Å². The van der Waals surface area contributed by atoms with Crippen molar-refractivity contribution in [1.29, 1.82) is 0 Å². The minimum atomic E-state index is -0.346. The number of hydrogen-bond acceptors (Lipinski definition) is 4. The van der Waals surface area contributed by atoms with Crippen LogP contribution in [0.4, 0.5) is 0 Å². The maximum absolute atomic E-state index is 9.32. The summed E-state index contributed by atoms with van der Waals surface area (Å²) in [5.74, 6) is 1.66. The lowest BCUT2D eigenvalue weighted by Gasteiger charge is -2.11. The monoisotopic (exact) mass is 210 g/mol. The van der Waals surface area contributed by atoms with Gasteiger partial charge in [-0.1, -0.05) is 0 Å². The molecule has 1 fully saturated rings. The molecule has 1 aliphatic rings. The van der Waals surface area contributed by atoms with Gasteiger partial charge < -0.3 is 15.0 Å². The van der Waals surface area contributed by atoms with Crippen LogP contribution in [0.1, 0.15) is 19.2 Å². The van der Waals surface area contributed by atoms with E-state index in [9.17, 15) is 5.11 Å². The highest BCUT2D eigenvalue weighted by molar-refractivity contribution is 4.91. The first-order valence-electron chi connectivity index (χ1n) is 5.51. The Bertz CT molecular complexity index is 304. The smallest absolute Gasteiger partial charge is 0.133 e. The van der Waals surface area contributed by atoms with Gasteiger partial charge in [0, 0.05) is 6.42 Å². The normalized spacial score (nSPS) is 23.2. The van der Waals surface area contributed by atoms with E-state index in [4.69, 9.17) is 0 Å². The molecule has 5 nitrogen and oxygen atoms in total. The van der Waals surface area contributed by atoms with Crippen molar-refractivity contribution in [2.75, 3.05) is 13.1 Å². The summed E-state index contributed by atoms with van der Waals surface area (Å²) >= 11 is 0. The van der Waals surface area contributed by atoms with Gasteiger partial charge >= 0.3 is 0 Å². The van der Waals surface area contributed by atoms with E-state index in [1.165, 1.54) is 6.42 Å². The summed E-state index contributed by atoms with van der Waals surface area (Å²) < 4.78 is 1.95. The number of rotatable bonds is 4. The van der Waals surface area contributed by atoms with Crippen LogP contribution in [0.15, 0.2) is 6.33 Å². The van der Waals surface area contributed by atoms with Crippen molar-refractivity contribution in [1.82, 2.24) is 20.1 Å². The highest BCUT2D eigenvalue weighted by atomic mass is 16.3. The minimum Gasteiger partial charge on any atom is -0.392 e. The van der Waals surface area contributed by atoms with Crippen molar-refractivity contribution < 1.29 is 5.11 Å². The van der Waals surface area contributed by atoms with Gasteiger partial charge in [-0.15, -0.1) is 10.2 Å². The molecule has 1 aromatic heterocycles. The Balaban J connectivity index is 1.97. The molecule has 0 aliphatic carbocycles. The third-order valence-electron chi connectivity index (χ3n) is 2.79. The number of aliphatic hydroxyl groups excluding tert-OH is 1. The van der Waals surface area contributed by atoms with E-state index in [1.54, 1.807) is 13.3 Å². The molecule has 1 aliphatic heterocycles. The van der Waals surface area contributed by atoms with E-state index in [0.29, 0.717) is 12.5 Å². The van der Waals surface area contributed by atoms with Crippen LogP contribution in [-0.4, -0.2) is 39.1 Å². The quantitative estimate of drug-likeness (QED) is 0.723. The van der Waals surface area contributed by atoms with Crippen LogP contribution in [0.3, 0.4) is 0 Å². The molecule has 15 heavy (non-hydrogen) atoms. The summed E-state index contributed by atoms with van der Waals surface area (Å²) in [6.45, 7) is 4.54. The first-order chi connectivity index (χ1) is 7.25. The first-order valence-corrected chi connectivity index (χ1v) is 5.51. The maximum Gasteiger partial charge on any atom is 0.133 e. The molecule has 2 unspecified atom stereocenters. The molecule has 0 saturated carbocycles. The molecule has 2 atom stereocenters. The van der Waals surface area contributed by atoms with Crippen LogP contribution >= 0.6 is 0 Å². The van der Waals surface area contributed by atoms with Crippen molar-refractivity contribution in [2.24, 2.45) is 5.92 Å². The van der Waals surface area contributed by atoms with Gasteiger partial charge in [0.05, 0.1) is 12.6 Å². The molecular formula is C10H18N4O. The fourth-order valence-corrected chi connectivity index (χ4v) is 2.02. The van der Waals surface area contributed by atoms with Gasteiger partial charge in [-0.25, -0.2) is 0 Å². The number of nitrogens with zero attached hydrogens (tertiary/aromatic N) is 3. The second kappa shape index (κ2) is 4.72. The molecule has 0 amide bonds. The zero-order valence-corrected chi connectivity index (χ0v) is 9.06. The Morgan fingerprint density at radius 3 is 3.27 bits per heavy atom. The standard InChI is InChI=1S/C10H18N4O/c1-8(15)6-14-7-12-13-10(14)4-9-2-3-11-5-9/h7-9,11,15H,2-6H2,1H3. The van der Waals surface area contributed by atoms with Gasteiger partial charge in [0.25, 0.3) is 0 Å². The van der Waals surface area contributed by atoms with E-state index in [-0.39, 0.29) is 6.10 Å². The van der Waals surface area contributed by atoms with Gasteiger partial charge in [0.1, 0.15) is 12.2 Å². The fraction of sp³-hybridized carbons (Fsp3) is 0.800. The fourth-order valence-electron chi connectivity index (χ4n) is 2.02. The Morgan fingerprint density at radius 2 is 2.60 bits per heavy atom. The summed E-state index contributed by atoms with van der Waals surface area (Å²) in [4.78, 5) is 0. The lowest BCUT2D eigenvalue weighted by Crippen LogP contribution is -2.17. The molecule has 0 spiro atoms. The molecule has 0 bridgehead atoms. The Hall–Kier alpha value is -0.940. The van der Waals surface area contributed by atoms with Gasteiger partial charge in [0.15, 0.2) is 0 Å². The van der Waals surface area contributed by atoms with Gasteiger partial charge in [-0.3, -0.25) is 0 Å². The second-order valence-electron chi connectivity index (χ2n) is 4.31. The zero-order chi connectivity index (χ0) is 10.7. The number of aliphatic hydroxyl groups is 1. The Labute approximate surface area is 89.5 Å². The molecule has 1 aromatic rings. The Morgan fingerprint density at radius 1 is 1.73 bits per heavy atom. The maximum atomic E-state index is 9.32. The Kier molecular flexibility index (Phi) is 3.33. The summed E-state index contributed by atoms with van der Waals surface area (Å²) in [6.07, 6.45) is 3.52. The first kappa shape index (κ1) is 10.6. The molecule has 1 saturated heterocycles. The molecule has 0 aromatic carbocycles. The zero-order valence-electron chi connectivity index (χ0n) is 9.06. The summed E-state index contributed by atoms with van der Waals surface area (Å²) in [5, 5.41) is 20.7. The predicted molar refractivity (Wildman–Crippen MR) is 56.4 cm³/mol. The molecule has 84 valence electrons. The average molecular weight is 210 g/mol. The summed E-state index contributed by atoms with van der Waals surface area (Å²) in [5.41, 5.74) is 0. The van der Waals surface area contributed by atoms with Crippen LogP contribution in [0.5, 0.6) is 0 Å². The van der Waals surface area contributed by atoms with Crippen LogP contribution in [0.2, 0.25) is 0 Å². The molecule has 5 heteroatoms. The highest BCUT2D eigenvalue weighted by Gasteiger charge is 2.18. The van der Waals surface area contributed by atoms with E-state index in [2.05, 4.69) is 15.5 Å².